The third-order valence-electron chi connectivity index (χ3n) is 3.98. The van der Waals surface area contributed by atoms with E-state index in [2.05, 4.69) is 15.8 Å². The molecule has 0 bridgehead atoms. The van der Waals surface area contributed by atoms with E-state index in [-0.39, 0.29) is 12.2 Å². The molecule has 0 radical (unpaired) electrons. The average Bonchev–Trinajstić information content (AvgIpc) is 2.75. The van der Waals surface area contributed by atoms with E-state index in [0.29, 0.717) is 18.0 Å². The molecule has 152 valence electrons. The number of halogens is 1. The summed E-state index contributed by atoms with van der Waals surface area (Å²) in [6.07, 6.45) is 1.14. The van der Waals surface area contributed by atoms with Gasteiger partial charge in [-0.2, -0.15) is 5.10 Å². The lowest BCUT2D eigenvalue weighted by Gasteiger charge is -2.06. The molecule has 2 amide bonds. The van der Waals surface area contributed by atoms with Crippen LogP contribution < -0.4 is 15.5 Å². The highest BCUT2D eigenvalue weighted by atomic mass is 19.1. The van der Waals surface area contributed by atoms with E-state index < -0.39 is 11.8 Å². The lowest BCUT2D eigenvalue weighted by atomic mass is 10.2. The molecule has 0 aromatic heterocycles. The molecule has 3 aromatic rings. The summed E-state index contributed by atoms with van der Waals surface area (Å²) >= 11 is 0. The predicted octanol–water partition coefficient (Wildman–Crippen LogP) is 3.88. The van der Waals surface area contributed by atoms with Crippen LogP contribution in [0, 0.1) is 5.82 Å². The topological polar surface area (TPSA) is 79.8 Å². The minimum absolute atomic E-state index is 0.286. The Morgan fingerprint density at radius 1 is 0.900 bits per heavy atom. The molecule has 0 aliphatic rings. The van der Waals surface area contributed by atoms with Gasteiger partial charge >= 0.3 is 0 Å². The number of hydrazone groups is 1. The Bertz CT molecular complexity index is 1000. The van der Waals surface area contributed by atoms with E-state index in [0.717, 1.165) is 11.1 Å². The smallest absolute Gasteiger partial charge is 0.249 e. The number of hydrogen-bond donors (Lipinski definition) is 2. The van der Waals surface area contributed by atoms with Crippen molar-refractivity contribution in [2.24, 2.45) is 5.10 Å². The van der Waals surface area contributed by atoms with Crippen molar-refractivity contribution in [2.45, 2.75) is 13.0 Å². The molecule has 0 unspecified atom stereocenters. The maximum Gasteiger partial charge on any atom is 0.249 e. The average molecular weight is 405 g/mol. The van der Waals surface area contributed by atoms with Gasteiger partial charge in [-0.05, 0) is 59.7 Å². The van der Waals surface area contributed by atoms with E-state index in [9.17, 15) is 14.0 Å². The van der Waals surface area contributed by atoms with Gasteiger partial charge in [0, 0.05) is 5.69 Å². The van der Waals surface area contributed by atoms with Crippen LogP contribution in [0.15, 0.2) is 84.0 Å². The number of hydrogen-bond acceptors (Lipinski definition) is 4. The zero-order chi connectivity index (χ0) is 21.2. The molecule has 0 saturated heterocycles. The van der Waals surface area contributed by atoms with Gasteiger partial charge in [0.2, 0.25) is 11.8 Å². The largest absolute Gasteiger partial charge is 0.489 e. The highest BCUT2D eigenvalue weighted by Crippen LogP contribution is 2.14. The maximum absolute atomic E-state index is 12.9. The van der Waals surface area contributed by atoms with E-state index in [1.54, 1.807) is 60.7 Å². The zero-order valence-electron chi connectivity index (χ0n) is 16.0. The van der Waals surface area contributed by atoms with Gasteiger partial charge in [0.25, 0.3) is 0 Å². The van der Waals surface area contributed by atoms with E-state index in [1.807, 2.05) is 6.07 Å². The van der Waals surface area contributed by atoms with Gasteiger partial charge in [0.15, 0.2) is 0 Å². The number of benzene rings is 3. The number of para-hydroxylation sites is 1. The van der Waals surface area contributed by atoms with Gasteiger partial charge in [-0.25, -0.2) is 9.82 Å². The molecule has 0 fully saturated rings. The number of rotatable bonds is 8. The summed E-state index contributed by atoms with van der Waals surface area (Å²) < 4.78 is 18.5. The van der Waals surface area contributed by atoms with Gasteiger partial charge in [0.05, 0.1) is 6.21 Å². The maximum atomic E-state index is 12.9. The summed E-state index contributed by atoms with van der Waals surface area (Å²) in [5.41, 5.74) is 4.56. The minimum Gasteiger partial charge on any atom is -0.489 e. The van der Waals surface area contributed by atoms with Crippen molar-refractivity contribution in [3.8, 4) is 5.75 Å². The summed E-state index contributed by atoms with van der Waals surface area (Å²) in [4.78, 5) is 23.6. The van der Waals surface area contributed by atoms with Gasteiger partial charge in [-0.1, -0.05) is 30.3 Å². The Hall–Kier alpha value is -4.00. The predicted molar refractivity (Wildman–Crippen MR) is 113 cm³/mol. The summed E-state index contributed by atoms with van der Waals surface area (Å²) in [5, 5.41) is 6.48. The molecule has 0 atom stereocenters. The second-order valence-corrected chi connectivity index (χ2v) is 6.37. The van der Waals surface area contributed by atoms with E-state index in [1.165, 1.54) is 18.3 Å². The second kappa shape index (κ2) is 10.5. The standard InChI is InChI=1S/C23H20FN3O3/c24-19-10-6-18(7-11-19)16-30-21-12-8-17(9-13-21)15-25-27-23(29)14-22(28)26-20-4-2-1-3-5-20/h1-13,15H,14,16H2,(H,26,28)(H,27,29). The summed E-state index contributed by atoms with van der Waals surface area (Å²) in [6.45, 7) is 0.328. The monoisotopic (exact) mass is 405 g/mol. The summed E-state index contributed by atoms with van der Waals surface area (Å²) in [7, 11) is 0. The van der Waals surface area contributed by atoms with Gasteiger partial charge in [-0.3, -0.25) is 9.59 Å². The fraction of sp³-hybridized carbons (Fsp3) is 0.0870. The van der Waals surface area contributed by atoms with E-state index in [4.69, 9.17) is 4.74 Å². The number of anilines is 1. The first-order chi connectivity index (χ1) is 14.6. The second-order valence-electron chi connectivity index (χ2n) is 6.37. The molecule has 3 rings (SSSR count). The molecule has 6 nitrogen and oxygen atoms in total. The van der Waals surface area contributed by atoms with Crippen molar-refractivity contribution in [3.63, 3.8) is 0 Å². The third-order valence-corrected chi connectivity index (χ3v) is 3.98. The lowest BCUT2D eigenvalue weighted by Crippen LogP contribution is -2.24. The highest BCUT2D eigenvalue weighted by Gasteiger charge is 2.08. The Labute approximate surface area is 173 Å². The molecule has 7 heteroatoms. The Morgan fingerprint density at radius 3 is 2.30 bits per heavy atom. The first-order valence-electron chi connectivity index (χ1n) is 9.22. The SMILES string of the molecule is O=C(CC(=O)Nc1ccccc1)NN=Cc1ccc(OCc2ccc(F)cc2)cc1. The van der Waals surface area contributed by atoms with Crippen molar-refractivity contribution in [2.75, 3.05) is 5.32 Å². The van der Waals surface area contributed by atoms with Gasteiger partial charge < -0.3 is 10.1 Å². The minimum atomic E-state index is -0.515. The fourth-order valence-electron chi connectivity index (χ4n) is 2.49. The molecule has 0 heterocycles. The number of ether oxygens (including phenoxy) is 1. The molecule has 0 spiro atoms. The van der Waals surface area contributed by atoms with Crippen molar-refractivity contribution in [1.82, 2.24) is 5.43 Å². The Morgan fingerprint density at radius 2 is 1.60 bits per heavy atom. The number of carbonyl (C=O) groups is 2. The molecular formula is C23H20FN3O3. The first kappa shape index (κ1) is 20.7. The van der Waals surface area contributed by atoms with Crippen LogP contribution >= 0.6 is 0 Å². The van der Waals surface area contributed by atoms with Crippen molar-refractivity contribution < 1.29 is 18.7 Å². The number of nitrogens with one attached hydrogen (secondary N) is 2. The fourth-order valence-corrected chi connectivity index (χ4v) is 2.49. The molecule has 0 aliphatic heterocycles. The molecule has 30 heavy (non-hydrogen) atoms. The third kappa shape index (κ3) is 6.87. The number of carbonyl (C=O) groups excluding carboxylic acids is 2. The van der Waals surface area contributed by atoms with Crippen LogP contribution in [-0.2, 0) is 16.2 Å². The van der Waals surface area contributed by atoms with Crippen LogP contribution in [0.4, 0.5) is 10.1 Å². The van der Waals surface area contributed by atoms with Gasteiger partial charge in [0.1, 0.15) is 24.6 Å². The van der Waals surface area contributed by atoms with Crippen molar-refractivity contribution in [1.29, 1.82) is 0 Å². The summed E-state index contributed by atoms with van der Waals surface area (Å²) in [5.74, 6) is -0.570. The molecule has 2 N–H and O–H groups in total. The first-order valence-corrected chi connectivity index (χ1v) is 9.22. The molecule has 0 aliphatic carbocycles. The van der Waals surface area contributed by atoms with Crippen LogP contribution in [0.1, 0.15) is 17.5 Å². The Balaban J connectivity index is 1.41. The molecule has 0 saturated carbocycles. The normalized spacial score (nSPS) is 10.6. The van der Waals surface area contributed by atoms with E-state index >= 15 is 0 Å². The summed E-state index contributed by atoms with van der Waals surface area (Å²) in [6, 6.07) is 22.1. The quantitative estimate of drug-likeness (QED) is 0.339. The van der Waals surface area contributed by atoms with Crippen LogP contribution in [0.5, 0.6) is 5.75 Å². The van der Waals surface area contributed by atoms with Crippen LogP contribution in [0.3, 0.4) is 0 Å². The van der Waals surface area contributed by atoms with Crippen molar-refractivity contribution in [3.05, 3.63) is 95.8 Å². The van der Waals surface area contributed by atoms with Crippen LogP contribution in [0.2, 0.25) is 0 Å². The number of amides is 2. The lowest BCUT2D eigenvalue weighted by molar-refractivity contribution is -0.126. The van der Waals surface area contributed by atoms with Crippen LogP contribution in [0.25, 0.3) is 0 Å². The Kier molecular flexibility index (Phi) is 7.27. The van der Waals surface area contributed by atoms with Gasteiger partial charge in [-0.15, -0.1) is 0 Å². The van der Waals surface area contributed by atoms with Crippen molar-refractivity contribution >= 4 is 23.7 Å². The highest BCUT2D eigenvalue weighted by molar-refractivity contribution is 6.03. The molecule has 3 aromatic carbocycles. The molecular weight excluding hydrogens is 385 g/mol. The van der Waals surface area contributed by atoms with Crippen LogP contribution in [-0.4, -0.2) is 18.0 Å². The number of nitrogens with zero attached hydrogens (tertiary/aromatic N) is 1. The zero-order valence-corrected chi connectivity index (χ0v) is 16.0.